The van der Waals surface area contributed by atoms with Crippen LogP contribution in [0.15, 0.2) is 47.5 Å². The maximum atomic E-state index is 12.9. The Morgan fingerprint density at radius 1 is 1.12 bits per heavy atom. The fourth-order valence-corrected chi connectivity index (χ4v) is 2.06. The van der Waals surface area contributed by atoms with Crippen LogP contribution in [-0.4, -0.2) is 4.98 Å². The summed E-state index contributed by atoms with van der Waals surface area (Å²) in [5, 5.41) is 0. The lowest BCUT2D eigenvalue weighted by Crippen LogP contribution is -1.89. The highest BCUT2D eigenvalue weighted by Crippen LogP contribution is 2.22. The minimum Gasteiger partial charge on any atom is -0.225 e. The second-order valence-corrected chi connectivity index (χ2v) is 4.27. The van der Waals surface area contributed by atoms with E-state index in [1.54, 1.807) is 0 Å². The number of aromatic nitrogens is 1. The van der Waals surface area contributed by atoms with Crippen LogP contribution in [-0.2, 0) is 5.75 Å². The largest absolute Gasteiger partial charge is 0.248 e. The van der Waals surface area contributed by atoms with Crippen molar-refractivity contribution in [1.82, 2.24) is 4.98 Å². The Balaban J connectivity index is 2.03. The molecule has 2 rings (SSSR count). The van der Waals surface area contributed by atoms with Crippen LogP contribution < -0.4 is 0 Å². The zero-order valence-electron chi connectivity index (χ0n) is 8.36. The first-order chi connectivity index (χ1) is 7.75. The van der Waals surface area contributed by atoms with Gasteiger partial charge in [-0.15, -0.1) is 11.8 Å². The summed E-state index contributed by atoms with van der Waals surface area (Å²) in [6, 6.07) is 11.0. The normalized spacial score (nSPS) is 10.4. The van der Waals surface area contributed by atoms with Crippen molar-refractivity contribution in [3.63, 3.8) is 0 Å². The Morgan fingerprint density at radius 2 is 1.88 bits per heavy atom. The zero-order chi connectivity index (χ0) is 11.4. The summed E-state index contributed by atoms with van der Waals surface area (Å²) in [4.78, 5) is 3.96. The zero-order valence-corrected chi connectivity index (χ0v) is 9.18. The van der Waals surface area contributed by atoms with Gasteiger partial charge in [0.25, 0.3) is 0 Å². The first kappa shape index (κ1) is 11.1. The molecule has 0 atom stereocenters. The summed E-state index contributed by atoms with van der Waals surface area (Å²) in [6.45, 7) is 0. The van der Waals surface area contributed by atoms with E-state index in [1.807, 2.05) is 30.3 Å². The molecule has 0 aliphatic rings. The van der Waals surface area contributed by atoms with Gasteiger partial charge >= 0.3 is 0 Å². The van der Waals surface area contributed by atoms with E-state index in [4.69, 9.17) is 0 Å². The van der Waals surface area contributed by atoms with Crippen molar-refractivity contribution in [3.8, 4) is 0 Å². The molecular weight excluding hydrogens is 228 g/mol. The summed E-state index contributed by atoms with van der Waals surface area (Å²) in [5.74, 6) is -1.24. The third-order valence-corrected chi connectivity index (χ3v) is 3.05. The average Bonchev–Trinajstić information content (AvgIpc) is 2.32. The van der Waals surface area contributed by atoms with Gasteiger partial charge in [0.2, 0.25) is 5.95 Å². The Bertz CT molecular complexity index is 474. The van der Waals surface area contributed by atoms with E-state index in [1.165, 1.54) is 18.0 Å². The highest BCUT2D eigenvalue weighted by Gasteiger charge is 2.04. The Morgan fingerprint density at radius 3 is 2.56 bits per heavy atom. The van der Waals surface area contributed by atoms with Crippen molar-refractivity contribution in [1.29, 1.82) is 0 Å². The molecule has 0 saturated carbocycles. The molecule has 0 aliphatic carbocycles. The highest BCUT2D eigenvalue weighted by molar-refractivity contribution is 7.98. The van der Waals surface area contributed by atoms with Gasteiger partial charge in [0.1, 0.15) is 0 Å². The third-order valence-electron chi connectivity index (χ3n) is 2.02. The average molecular weight is 237 g/mol. The van der Waals surface area contributed by atoms with Gasteiger partial charge in [0, 0.05) is 16.8 Å². The van der Waals surface area contributed by atoms with E-state index in [0.717, 1.165) is 11.6 Å². The van der Waals surface area contributed by atoms with Crippen molar-refractivity contribution in [2.45, 2.75) is 10.6 Å². The Kier molecular flexibility index (Phi) is 3.51. The van der Waals surface area contributed by atoms with Gasteiger partial charge in [0.15, 0.2) is 5.82 Å². The molecule has 0 amide bonds. The third kappa shape index (κ3) is 2.79. The molecule has 4 heteroatoms. The van der Waals surface area contributed by atoms with Crippen molar-refractivity contribution in [3.05, 3.63) is 59.9 Å². The molecular formula is C12H9F2NS. The molecule has 0 spiro atoms. The quantitative estimate of drug-likeness (QED) is 0.597. The maximum Gasteiger partial charge on any atom is 0.248 e. The first-order valence-corrected chi connectivity index (χ1v) is 5.72. The van der Waals surface area contributed by atoms with Crippen molar-refractivity contribution in [2.24, 2.45) is 0 Å². The summed E-state index contributed by atoms with van der Waals surface area (Å²) < 4.78 is 25.4. The molecule has 0 saturated heterocycles. The predicted molar refractivity (Wildman–Crippen MR) is 60.2 cm³/mol. The van der Waals surface area contributed by atoms with Gasteiger partial charge in [-0.1, -0.05) is 30.3 Å². The topological polar surface area (TPSA) is 12.9 Å². The predicted octanol–water partition coefficient (Wildman–Crippen LogP) is 3.65. The molecule has 82 valence electrons. The number of pyridine rings is 1. The highest BCUT2D eigenvalue weighted by atomic mass is 32.2. The van der Waals surface area contributed by atoms with E-state index in [0.29, 0.717) is 10.6 Å². The smallest absolute Gasteiger partial charge is 0.225 e. The molecule has 0 N–H and O–H groups in total. The van der Waals surface area contributed by atoms with Gasteiger partial charge in [0.05, 0.1) is 0 Å². The van der Waals surface area contributed by atoms with E-state index in [9.17, 15) is 8.78 Å². The molecule has 0 fully saturated rings. The number of hydrogen-bond acceptors (Lipinski definition) is 2. The Hall–Kier alpha value is -1.42. The standard InChI is InChI=1S/C12H9F2NS/c13-11-6-10(7-15-12(11)14)16-8-9-4-2-1-3-5-9/h1-7H,8H2. The van der Waals surface area contributed by atoms with Gasteiger partial charge in [-0.25, -0.2) is 9.37 Å². The van der Waals surface area contributed by atoms with Gasteiger partial charge in [-0.3, -0.25) is 0 Å². The minimum atomic E-state index is -1.05. The molecule has 0 aliphatic heterocycles. The molecule has 1 aromatic carbocycles. The second-order valence-electron chi connectivity index (χ2n) is 3.22. The summed E-state index contributed by atoms with van der Waals surface area (Å²) in [6.07, 6.45) is 1.34. The molecule has 2 aromatic rings. The molecule has 0 bridgehead atoms. The number of hydrogen-bond donors (Lipinski definition) is 0. The van der Waals surface area contributed by atoms with Crippen molar-refractivity contribution < 1.29 is 8.78 Å². The Labute approximate surface area is 96.5 Å². The van der Waals surface area contributed by atoms with Crippen LogP contribution in [0.1, 0.15) is 5.56 Å². The van der Waals surface area contributed by atoms with Crippen LogP contribution in [0.2, 0.25) is 0 Å². The number of thioether (sulfide) groups is 1. The van der Waals surface area contributed by atoms with Gasteiger partial charge in [-0.2, -0.15) is 4.39 Å². The monoisotopic (exact) mass is 237 g/mol. The molecule has 1 aromatic heterocycles. The van der Waals surface area contributed by atoms with Crippen molar-refractivity contribution >= 4 is 11.8 Å². The van der Waals surface area contributed by atoms with E-state index >= 15 is 0 Å². The van der Waals surface area contributed by atoms with Gasteiger partial charge in [-0.05, 0) is 11.6 Å². The number of benzene rings is 1. The van der Waals surface area contributed by atoms with Crippen LogP contribution in [0.4, 0.5) is 8.78 Å². The lowest BCUT2D eigenvalue weighted by atomic mass is 10.2. The lowest BCUT2D eigenvalue weighted by Gasteiger charge is -2.01. The number of nitrogens with zero attached hydrogens (tertiary/aromatic N) is 1. The number of rotatable bonds is 3. The fourth-order valence-electron chi connectivity index (χ4n) is 1.22. The molecule has 0 unspecified atom stereocenters. The van der Waals surface area contributed by atoms with Crippen LogP contribution >= 0.6 is 11.8 Å². The van der Waals surface area contributed by atoms with E-state index < -0.39 is 11.8 Å². The van der Waals surface area contributed by atoms with Gasteiger partial charge < -0.3 is 0 Å². The maximum absolute atomic E-state index is 12.9. The number of halogens is 2. The van der Waals surface area contributed by atoms with E-state index in [2.05, 4.69) is 4.98 Å². The molecule has 0 radical (unpaired) electrons. The lowest BCUT2D eigenvalue weighted by molar-refractivity contribution is 0.475. The fraction of sp³-hybridized carbons (Fsp3) is 0.0833. The summed E-state index contributed by atoms with van der Waals surface area (Å²) in [5.41, 5.74) is 1.14. The van der Waals surface area contributed by atoms with Crippen LogP contribution in [0.3, 0.4) is 0 Å². The minimum absolute atomic E-state index is 0.628. The first-order valence-electron chi connectivity index (χ1n) is 4.73. The molecule has 1 heterocycles. The summed E-state index contributed by atoms with van der Waals surface area (Å²) in [7, 11) is 0. The molecule has 16 heavy (non-hydrogen) atoms. The SMILES string of the molecule is Fc1cc(SCc2ccccc2)cnc1F. The van der Waals surface area contributed by atoms with Crippen LogP contribution in [0.5, 0.6) is 0 Å². The van der Waals surface area contributed by atoms with Crippen molar-refractivity contribution in [2.75, 3.05) is 0 Å². The van der Waals surface area contributed by atoms with E-state index in [-0.39, 0.29) is 0 Å². The van der Waals surface area contributed by atoms with Crippen LogP contribution in [0, 0.1) is 11.8 Å². The van der Waals surface area contributed by atoms with Crippen LogP contribution in [0.25, 0.3) is 0 Å². The summed E-state index contributed by atoms with van der Waals surface area (Å²) >= 11 is 1.43. The second kappa shape index (κ2) is 5.07. The molecule has 1 nitrogen and oxygen atoms in total.